The van der Waals surface area contributed by atoms with E-state index in [9.17, 15) is 13.2 Å². The molecule has 1 aliphatic heterocycles. The van der Waals surface area contributed by atoms with E-state index in [-0.39, 0.29) is 6.32 Å². The molecule has 2 radical (unpaired) electrons. The van der Waals surface area contributed by atoms with Crippen molar-refractivity contribution in [3.63, 3.8) is 0 Å². The quantitative estimate of drug-likeness (QED) is 0.741. The van der Waals surface area contributed by atoms with Crippen LogP contribution in [0.3, 0.4) is 0 Å². The van der Waals surface area contributed by atoms with Crippen LogP contribution >= 0.6 is 0 Å². The summed E-state index contributed by atoms with van der Waals surface area (Å²) >= 11 is 0. The van der Waals surface area contributed by atoms with Crippen molar-refractivity contribution >= 4 is 7.85 Å². The van der Waals surface area contributed by atoms with E-state index < -0.39 is 17.5 Å². The first-order chi connectivity index (χ1) is 7.98. The average Bonchev–Trinajstić information content (AvgIpc) is 2.78. The van der Waals surface area contributed by atoms with Gasteiger partial charge in [-0.2, -0.15) is 13.2 Å². The van der Waals surface area contributed by atoms with Crippen LogP contribution in [-0.2, 0) is 21.4 Å². The molecule has 2 nitrogen and oxygen atoms in total. The number of alkyl halides is 3. The van der Waals surface area contributed by atoms with Crippen LogP contribution in [0.25, 0.3) is 0 Å². The van der Waals surface area contributed by atoms with Gasteiger partial charge in [0.1, 0.15) is 0 Å². The molecule has 1 aliphatic rings. The molecule has 2 rings (SSSR count). The zero-order chi connectivity index (χ0) is 12.5. The fourth-order valence-corrected chi connectivity index (χ4v) is 1.77. The fourth-order valence-electron chi connectivity index (χ4n) is 1.77. The lowest BCUT2D eigenvalue weighted by atomic mass is 9.90. The highest BCUT2D eigenvalue weighted by Crippen LogP contribution is 2.36. The number of hydrogen-bond donors (Lipinski definition) is 0. The second-order valence-electron chi connectivity index (χ2n) is 3.73. The minimum absolute atomic E-state index is 0.0678. The maximum absolute atomic E-state index is 12.4. The lowest BCUT2D eigenvalue weighted by molar-refractivity contribution is -0.149. The van der Waals surface area contributed by atoms with Gasteiger partial charge < -0.3 is 9.47 Å². The molecular formula is C11H10BF3O2. The Labute approximate surface area is 98.1 Å². The van der Waals surface area contributed by atoms with Gasteiger partial charge in [0.05, 0.1) is 26.6 Å². The van der Waals surface area contributed by atoms with Gasteiger partial charge in [-0.15, -0.1) is 0 Å². The molecule has 0 bridgehead atoms. The summed E-state index contributed by atoms with van der Waals surface area (Å²) in [6, 6.07) is 4.66. The van der Waals surface area contributed by atoms with Gasteiger partial charge in [0.15, 0.2) is 5.79 Å². The first kappa shape index (κ1) is 12.5. The SMILES string of the molecule is [B]CC1(c2ccc(C(F)(F)F)cc2)OCCO1. The van der Waals surface area contributed by atoms with Crippen molar-refractivity contribution in [1.29, 1.82) is 0 Å². The molecule has 17 heavy (non-hydrogen) atoms. The third kappa shape index (κ3) is 2.33. The Kier molecular flexibility index (Phi) is 3.18. The molecular weight excluding hydrogens is 232 g/mol. The van der Waals surface area contributed by atoms with Gasteiger partial charge in [-0.3, -0.25) is 0 Å². The number of halogens is 3. The Morgan fingerprint density at radius 1 is 1.12 bits per heavy atom. The summed E-state index contributed by atoms with van der Waals surface area (Å²) in [5.41, 5.74) is -0.197. The maximum Gasteiger partial charge on any atom is 0.416 e. The van der Waals surface area contributed by atoms with Gasteiger partial charge >= 0.3 is 6.18 Å². The standard InChI is InChI=1S/C11H10BF3O2/c12-7-10(16-5-6-17-10)8-1-3-9(4-2-8)11(13,14)15/h1-4H,5-7H2. The first-order valence-corrected chi connectivity index (χ1v) is 5.14. The van der Waals surface area contributed by atoms with Gasteiger partial charge in [0, 0.05) is 5.56 Å². The van der Waals surface area contributed by atoms with Crippen molar-refractivity contribution < 1.29 is 22.6 Å². The zero-order valence-electron chi connectivity index (χ0n) is 8.96. The molecule has 1 aromatic carbocycles. The summed E-state index contributed by atoms with van der Waals surface area (Å²) in [6.07, 6.45) is -4.27. The van der Waals surface area contributed by atoms with Crippen molar-refractivity contribution in [2.45, 2.75) is 18.3 Å². The lowest BCUT2D eigenvalue weighted by Crippen LogP contribution is -2.26. The van der Waals surface area contributed by atoms with Crippen LogP contribution in [0.4, 0.5) is 13.2 Å². The normalized spacial score (nSPS) is 19.5. The molecule has 0 atom stereocenters. The van der Waals surface area contributed by atoms with E-state index in [0.717, 1.165) is 12.1 Å². The topological polar surface area (TPSA) is 18.5 Å². The molecule has 0 N–H and O–H groups in total. The second kappa shape index (κ2) is 4.35. The van der Waals surface area contributed by atoms with Crippen LogP contribution in [0.15, 0.2) is 24.3 Å². The minimum atomic E-state index is -4.34. The van der Waals surface area contributed by atoms with Crippen molar-refractivity contribution in [1.82, 2.24) is 0 Å². The summed E-state index contributed by atoms with van der Waals surface area (Å²) in [7, 11) is 5.55. The Morgan fingerprint density at radius 2 is 1.65 bits per heavy atom. The van der Waals surface area contributed by atoms with Crippen molar-refractivity contribution in [2.75, 3.05) is 13.2 Å². The Morgan fingerprint density at radius 3 is 2.06 bits per heavy atom. The minimum Gasteiger partial charge on any atom is -0.344 e. The van der Waals surface area contributed by atoms with Gasteiger partial charge in [-0.05, 0) is 18.5 Å². The molecule has 0 unspecified atom stereocenters. The molecule has 90 valence electrons. The van der Waals surface area contributed by atoms with Gasteiger partial charge in [0.2, 0.25) is 0 Å². The third-order valence-corrected chi connectivity index (χ3v) is 2.67. The lowest BCUT2D eigenvalue weighted by Gasteiger charge is -2.26. The number of benzene rings is 1. The van der Waals surface area contributed by atoms with E-state index in [0.29, 0.717) is 18.8 Å². The summed E-state index contributed by atoms with van der Waals surface area (Å²) in [5, 5.41) is 0. The summed E-state index contributed by atoms with van der Waals surface area (Å²) in [6.45, 7) is 0.774. The molecule has 1 aromatic rings. The van der Waals surface area contributed by atoms with E-state index >= 15 is 0 Å². The van der Waals surface area contributed by atoms with Crippen LogP contribution in [0.2, 0.25) is 6.32 Å². The van der Waals surface area contributed by atoms with Crippen LogP contribution < -0.4 is 0 Å². The highest BCUT2D eigenvalue weighted by molar-refractivity contribution is 6.09. The number of ether oxygens (including phenoxy) is 2. The van der Waals surface area contributed by atoms with Gasteiger partial charge in [-0.25, -0.2) is 0 Å². The molecule has 0 aromatic heterocycles. The van der Waals surface area contributed by atoms with Crippen LogP contribution in [0, 0.1) is 0 Å². The summed E-state index contributed by atoms with van der Waals surface area (Å²) in [5.74, 6) is -1.09. The number of hydrogen-bond acceptors (Lipinski definition) is 2. The Hall–Kier alpha value is -1.01. The molecule has 0 spiro atoms. The molecule has 0 amide bonds. The van der Waals surface area contributed by atoms with Crippen LogP contribution in [0.1, 0.15) is 11.1 Å². The summed E-state index contributed by atoms with van der Waals surface area (Å²) < 4.78 is 47.9. The fraction of sp³-hybridized carbons (Fsp3) is 0.455. The maximum atomic E-state index is 12.4. The molecule has 1 heterocycles. The molecule has 6 heteroatoms. The Bertz CT molecular complexity index is 383. The third-order valence-electron chi connectivity index (χ3n) is 2.67. The van der Waals surface area contributed by atoms with E-state index in [4.69, 9.17) is 17.3 Å². The molecule has 0 aliphatic carbocycles. The molecule has 1 fully saturated rings. The Balaban J connectivity index is 2.28. The van der Waals surface area contributed by atoms with Gasteiger partial charge in [-0.1, -0.05) is 12.1 Å². The van der Waals surface area contributed by atoms with E-state index in [1.54, 1.807) is 0 Å². The molecule has 1 saturated heterocycles. The van der Waals surface area contributed by atoms with Crippen molar-refractivity contribution in [2.24, 2.45) is 0 Å². The highest BCUT2D eigenvalue weighted by Gasteiger charge is 2.37. The first-order valence-electron chi connectivity index (χ1n) is 5.14. The second-order valence-corrected chi connectivity index (χ2v) is 3.73. The number of rotatable bonds is 2. The van der Waals surface area contributed by atoms with E-state index in [2.05, 4.69) is 0 Å². The van der Waals surface area contributed by atoms with Crippen molar-refractivity contribution in [3.8, 4) is 0 Å². The van der Waals surface area contributed by atoms with E-state index in [1.165, 1.54) is 12.1 Å². The van der Waals surface area contributed by atoms with Crippen molar-refractivity contribution in [3.05, 3.63) is 35.4 Å². The largest absolute Gasteiger partial charge is 0.416 e. The predicted octanol–water partition coefficient (Wildman–Crippen LogP) is 2.49. The average molecular weight is 242 g/mol. The van der Waals surface area contributed by atoms with Crippen LogP contribution in [0.5, 0.6) is 0 Å². The summed E-state index contributed by atoms with van der Waals surface area (Å²) in [4.78, 5) is 0. The predicted molar refractivity (Wildman–Crippen MR) is 55.6 cm³/mol. The smallest absolute Gasteiger partial charge is 0.344 e. The zero-order valence-corrected chi connectivity index (χ0v) is 8.96. The van der Waals surface area contributed by atoms with Gasteiger partial charge in [0.25, 0.3) is 0 Å². The highest BCUT2D eigenvalue weighted by atomic mass is 19.4. The van der Waals surface area contributed by atoms with E-state index in [1.807, 2.05) is 0 Å². The van der Waals surface area contributed by atoms with Crippen LogP contribution in [-0.4, -0.2) is 21.1 Å². The monoisotopic (exact) mass is 242 g/mol. The molecule has 0 saturated carbocycles.